The summed E-state index contributed by atoms with van der Waals surface area (Å²) < 4.78 is 22.8. The molecule has 0 aromatic heterocycles. The van der Waals surface area contributed by atoms with Gasteiger partial charge in [-0.15, -0.1) is 24.0 Å². The molecule has 0 heterocycles. The molecule has 0 saturated heterocycles. The maximum absolute atomic E-state index is 11.4. The predicted octanol–water partition coefficient (Wildman–Crippen LogP) is 3.34. The van der Waals surface area contributed by atoms with Gasteiger partial charge in [0.2, 0.25) is 0 Å². The van der Waals surface area contributed by atoms with E-state index in [1.807, 2.05) is 0 Å². The fourth-order valence-corrected chi connectivity index (χ4v) is 2.86. The molecule has 0 amide bonds. The number of hydrogen-bond donors (Lipinski definition) is 2. The molecule has 0 bridgehead atoms. The number of hydrogen-bond acceptors (Lipinski definition) is 3. The van der Waals surface area contributed by atoms with Crippen LogP contribution in [-0.2, 0) is 9.84 Å². The molecule has 0 aliphatic heterocycles. The second kappa shape index (κ2) is 16.8. The van der Waals surface area contributed by atoms with Crippen LogP contribution in [0.15, 0.2) is 4.99 Å². The van der Waals surface area contributed by atoms with Crippen molar-refractivity contribution in [3.05, 3.63) is 0 Å². The van der Waals surface area contributed by atoms with Crippen molar-refractivity contribution in [3.63, 3.8) is 0 Å². The van der Waals surface area contributed by atoms with Crippen molar-refractivity contribution >= 4 is 39.8 Å². The van der Waals surface area contributed by atoms with Gasteiger partial charge in [-0.25, -0.2) is 8.42 Å². The highest BCUT2D eigenvalue weighted by Gasteiger charge is 2.07. The summed E-state index contributed by atoms with van der Waals surface area (Å²) in [6.07, 6.45) is 10.4. The average Bonchev–Trinajstić information content (AvgIpc) is 2.51. The van der Waals surface area contributed by atoms with Gasteiger partial charge in [-0.2, -0.15) is 0 Å². The summed E-state index contributed by atoms with van der Waals surface area (Å²) >= 11 is 0. The number of rotatable bonds is 13. The zero-order valence-electron chi connectivity index (χ0n) is 15.1. The number of unbranched alkanes of at least 4 members (excludes halogenated alkanes) is 7. The van der Waals surface area contributed by atoms with Gasteiger partial charge in [-0.3, -0.25) is 4.99 Å². The minimum Gasteiger partial charge on any atom is -0.356 e. The molecule has 0 aromatic rings. The molecule has 0 rings (SSSR count). The van der Waals surface area contributed by atoms with E-state index >= 15 is 0 Å². The summed E-state index contributed by atoms with van der Waals surface area (Å²) in [6.45, 7) is 5.21. The Balaban J connectivity index is 0. The summed E-state index contributed by atoms with van der Waals surface area (Å²) in [5, 5.41) is 6.27. The van der Waals surface area contributed by atoms with E-state index in [9.17, 15) is 8.42 Å². The van der Waals surface area contributed by atoms with E-state index in [-0.39, 0.29) is 35.5 Å². The van der Waals surface area contributed by atoms with Crippen LogP contribution in [0.3, 0.4) is 0 Å². The number of aliphatic imine (C=N–C) groups is 1. The molecule has 0 fully saturated rings. The van der Waals surface area contributed by atoms with Gasteiger partial charge < -0.3 is 10.6 Å². The Morgan fingerprint density at radius 3 is 1.91 bits per heavy atom. The maximum atomic E-state index is 11.4. The Morgan fingerprint density at radius 1 is 0.870 bits per heavy atom. The van der Waals surface area contributed by atoms with Gasteiger partial charge >= 0.3 is 0 Å². The number of nitrogens with one attached hydrogen (secondary N) is 2. The Bertz CT molecular complexity index is 387. The topological polar surface area (TPSA) is 70.6 Å². The Labute approximate surface area is 160 Å². The maximum Gasteiger partial charge on any atom is 0.191 e. The molecule has 7 heteroatoms. The molecule has 5 nitrogen and oxygen atoms in total. The standard InChI is InChI=1S/C16H35N3O2S.HI/c1-4-6-7-8-9-10-11-12-13-18-16(17-3)19-14-15-22(20,21)5-2;/h4-15H2,1-3H3,(H2,17,18,19);1H. The van der Waals surface area contributed by atoms with Crippen molar-refractivity contribution in [2.75, 3.05) is 31.6 Å². The van der Waals surface area contributed by atoms with Crippen molar-refractivity contribution in [2.45, 2.75) is 65.2 Å². The van der Waals surface area contributed by atoms with Crippen molar-refractivity contribution in [1.29, 1.82) is 0 Å². The first kappa shape index (κ1) is 25.2. The Kier molecular flexibility index (Phi) is 18.4. The zero-order valence-corrected chi connectivity index (χ0v) is 18.2. The van der Waals surface area contributed by atoms with Crippen LogP contribution in [-0.4, -0.2) is 46.0 Å². The van der Waals surface area contributed by atoms with Gasteiger partial charge in [-0.05, 0) is 6.42 Å². The van der Waals surface area contributed by atoms with Gasteiger partial charge in [0.25, 0.3) is 0 Å². The second-order valence-corrected chi connectivity index (χ2v) is 8.11. The van der Waals surface area contributed by atoms with Gasteiger partial charge in [0.1, 0.15) is 0 Å². The Morgan fingerprint density at radius 2 is 1.39 bits per heavy atom. The van der Waals surface area contributed by atoms with E-state index in [4.69, 9.17) is 0 Å². The minimum absolute atomic E-state index is 0. The summed E-state index contributed by atoms with van der Waals surface area (Å²) in [4.78, 5) is 4.10. The number of guanidine groups is 1. The molecule has 0 radical (unpaired) electrons. The lowest BCUT2D eigenvalue weighted by molar-refractivity contribution is 0.571. The van der Waals surface area contributed by atoms with Crippen molar-refractivity contribution < 1.29 is 8.42 Å². The van der Waals surface area contributed by atoms with E-state index in [0.717, 1.165) is 13.0 Å². The number of halogens is 1. The first-order valence-electron chi connectivity index (χ1n) is 8.70. The smallest absolute Gasteiger partial charge is 0.191 e. The molecule has 0 aliphatic carbocycles. The number of sulfone groups is 1. The predicted molar refractivity (Wildman–Crippen MR) is 112 cm³/mol. The van der Waals surface area contributed by atoms with Crippen LogP contribution in [0, 0.1) is 0 Å². The molecule has 0 aromatic carbocycles. The molecule has 140 valence electrons. The monoisotopic (exact) mass is 461 g/mol. The third-order valence-electron chi connectivity index (χ3n) is 3.69. The molecule has 0 spiro atoms. The second-order valence-electron chi connectivity index (χ2n) is 5.64. The van der Waals surface area contributed by atoms with Gasteiger partial charge in [0, 0.05) is 25.9 Å². The molecular weight excluding hydrogens is 425 g/mol. The van der Waals surface area contributed by atoms with Crippen LogP contribution in [0.2, 0.25) is 0 Å². The van der Waals surface area contributed by atoms with Gasteiger partial charge in [-0.1, -0.05) is 58.8 Å². The van der Waals surface area contributed by atoms with Crippen LogP contribution in [0.1, 0.15) is 65.2 Å². The minimum atomic E-state index is -2.91. The first-order chi connectivity index (χ1) is 10.6. The highest BCUT2D eigenvalue weighted by atomic mass is 127. The molecule has 23 heavy (non-hydrogen) atoms. The van der Waals surface area contributed by atoms with Gasteiger partial charge in [0.15, 0.2) is 15.8 Å². The zero-order chi connectivity index (χ0) is 16.7. The molecule has 0 atom stereocenters. The van der Waals surface area contributed by atoms with Gasteiger partial charge in [0.05, 0.1) is 5.75 Å². The fraction of sp³-hybridized carbons (Fsp3) is 0.938. The first-order valence-corrected chi connectivity index (χ1v) is 10.5. The lowest BCUT2D eigenvalue weighted by atomic mass is 10.1. The van der Waals surface area contributed by atoms with Crippen LogP contribution in [0.5, 0.6) is 0 Å². The molecule has 0 unspecified atom stereocenters. The third kappa shape index (κ3) is 16.6. The Hall–Kier alpha value is -0.0500. The molecule has 2 N–H and O–H groups in total. The third-order valence-corrected chi connectivity index (χ3v) is 5.40. The fourth-order valence-electron chi connectivity index (χ4n) is 2.16. The highest BCUT2D eigenvalue weighted by Crippen LogP contribution is 2.07. The van der Waals surface area contributed by atoms with Crippen molar-refractivity contribution in [2.24, 2.45) is 4.99 Å². The average molecular weight is 461 g/mol. The van der Waals surface area contributed by atoms with Crippen LogP contribution >= 0.6 is 24.0 Å². The van der Waals surface area contributed by atoms with Crippen molar-refractivity contribution in [1.82, 2.24) is 10.6 Å². The normalized spacial score (nSPS) is 11.9. The lowest BCUT2D eigenvalue weighted by Gasteiger charge is -2.11. The molecule has 0 aliphatic rings. The summed E-state index contributed by atoms with van der Waals surface area (Å²) in [5.74, 6) is 1.04. The summed E-state index contributed by atoms with van der Waals surface area (Å²) in [6, 6.07) is 0. The lowest BCUT2D eigenvalue weighted by Crippen LogP contribution is -2.40. The van der Waals surface area contributed by atoms with Crippen LogP contribution < -0.4 is 10.6 Å². The largest absolute Gasteiger partial charge is 0.356 e. The van der Waals surface area contributed by atoms with E-state index in [2.05, 4.69) is 22.5 Å². The van der Waals surface area contributed by atoms with E-state index in [1.165, 1.54) is 44.9 Å². The van der Waals surface area contributed by atoms with Crippen molar-refractivity contribution in [3.8, 4) is 0 Å². The summed E-state index contributed by atoms with van der Waals surface area (Å²) in [7, 11) is -1.21. The highest BCUT2D eigenvalue weighted by molar-refractivity contribution is 14.0. The summed E-state index contributed by atoms with van der Waals surface area (Å²) in [5.41, 5.74) is 0. The van der Waals surface area contributed by atoms with E-state index in [0.29, 0.717) is 12.5 Å². The molecule has 0 saturated carbocycles. The quantitative estimate of drug-likeness (QED) is 0.191. The number of nitrogens with zero attached hydrogens (tertiary/aromatic N) is 1. The molecular formula is C16H36IN3O2S. The SMILES string of the molecule is CCCCCCCCCCNC(=NC)NCCS(=O)(=O)CC.I. The van der Waals surface area contributed by atoms with Crippen LogP contribution in [0.4, 0.5) is 0 Å². The van der Waals surface area contributed by atoms with Crippen LogP contribution in [0.25, 0.3) is 0 Å². The van der Waals surface area contributed by atoms with E-state index in [1.54, 1.807) is 14.0 Å². The van der Waals surface area contributed by atoms with E-state index < -0.39 is 9.84 Å².